The minimum Gasteiger partial charge on any atom is -0.358 e. The van der Waals surface area contributed by atoms with Gasteiger partial charge in [-0.25, -0.2) is 0 Å². The summed E-state index contributed by atoms with van der Waals surface area (Å²) in [5, 5.41) is 9.10. The van der Waals surface area contributed by atoms with Crippen LogP contribution in [0.3, 0.4) is 0 Å². The Balaban J connectivity index is 1.68. The zero-order chi connectivity index (χ0) is 14.4. The second-order valence-electron chi connectivity index (χ2n) is 5.76. The van der Waals surface area contributed by atoms with Crippen molar-refractivity contribution in [1.29, 1.82) is 0 Å². The van der Waals surface area contributed by atoms with Crippen LogP contribution in [0.2, 0.25) is 0 Å². The molecule has 114 valence electrons. The Labute approximate surface area is 120 Å². The molecule has 0 bridgehead atoms. The monoisotopic (exact) mass is 282 g/mol. The topological polar surface area (TPSA) is 73.5 Å². The van der Waals surface area contributed by atoms with E-state index in [1.54, 1.807) is 7.05 Å². The predicted molar refractivity (Wildman–Crippen MR) is 77.3 cm³/mol. The Morgan fingerprint density at radius 1 is 1.15 bits per heavy atom. The number of carbonyl (C=O) groups is 2. The maximum atomic E-state index is 12.2. The van der Waals surface area contributed by atoms with Gasteiger partial charge in [0, 0.05) is 32.1 Å². The molecule has 2 aliphatic heterocycles. The fourth-order valence-electron chi connectivity index (χ4n) is 2.92. The average Bonchev–Trinajstić information content (AvgIpc) is 2.50. The van der Waals surface area contributed by atoms with E-state index in [1.807, 2.05) is 0 Å². The Morgan fingerprint density at radius 3 is 2.40 bits per heavy atom. The Morgan fingerprint density at radius 2 is 1.80 bits per heavy atom. The largest absolute Gasteiger partial charge is 0.358 e. The smallest absolute Gasteiger partial charge is 0.233 e. The molecule has 2 rings (SSSR count). The van der Waals surface area contributed by atoms with E-state index in [-0.39, 0.29) is 23.8 Å². The molecule has 2 aliphatic rings. The molecular formula is C14H26N4O2. The summed E-state index contributed by atoms with van der Waals surface area (Å²) in [6, 6.07) is 0.276. The van der Waals surface area contributed by atoms with E-state index in [9.17, 15) is 9.59 Å². The van der Waals surface area contributed by atoms with E-state index in [4.69, 9.17) is 0 Å². The van der Waals surface area contributed by atoms with Crippen LogP contribution in [0.1, 0.15) is 25.7 Å². The minimum absolute atomic E-state index is 0.0576. The van der Waals surface area contributed by atoms with Gasteiger partial charge in [-0.3, -0.25) is 14.5 Å². The fraction of sp³-hybridized carbons (Fsp3) is 0.857. The van der Waals surface area contributed by atoms with Crippen LogP contribution in [-0.4, -0.2) is 62.5 Å². The van der Waals surface area contributed by atoms with Gasteiger partial charge in [0.25, 0.3) is 0 Å². The zero-order valence-corrected chi connectivity index (χ0v) is 12.3. The predicted octanol–water partition coefficient (Wildman–Crippen LogP) is -0.687. The first kappa shape index (κ1) is 15.3. The van der Waals surface area contributed by atoms with Crippen LogP contribution in [0.5, 0.6) is 0 Å². The number of hydrogen-bond acceptors (Lipinski definition) is 4. The highest BCUT2D eigenvalue weighted by atomic mass is 16.2. The lowest BCUT2D eigenvalue weighted by molar-refractivity contribution is -0.127. The van der Waals surface area contributed by atoms with E-state index in [0.717, 1.165) is 51.9 Å². The second-order valence-corrected chi connectivity index (χ2v) is 5.76. The first-order valence-electron chi connectivity index (χ1n) is 7.63. The molecule has 0 spiro atoms. The summed E-state index contributed by atoms with van der Waals surface area (Å²) in [6.07, 6.45) is 3.77. The van der Waals surface area contributed by atoms with Gasteiger partial charge in [0.05, 0.1) is 6.54 Å². The standard InChI is InChI=1S/C14H26N4O2/c1-15-13(19)10-18-8-4-12(5-9-18)17-14(20)11-2-6-16-7-3-11/h11-12,16H,2-10H2,1H3,(H,15,19)(H,17,20). The molecule has 6 heteroatoms. The highest BCUT2D eigenvalue weighted by Gasteiger charge is 2.26. The van der Waals surface area contributed by atoms with Gasteiger partial charge < -0.3 is 16.0 Å². The van der Waals surface area contributed by atoms with Gasteiger partial charge in [-0.2, -0.15) is 0 Å². The highest BCUT2D eigenvalue weighted by molar-refractivity contribution is 5.79. The van der Waals surface area contributed by atoms with Crippen molar-refractivity contribution in [1.82, 2.24) is 20.9 Å². The minimum atomic E-state index is 0.0576. The van der Waals surface area contributed by atoms with Gasteiger partial charge in [-0.05, 0) is 38.8 Å². The maximum absolute atomic E-state index is 12.2. The summed E-state index contributed by atoms with van der Waals surface area (Å²) in [6.45, 7) is 4.12. The third-order valence-electron chi connectivity index (χ3n) is 4.29. The molecule has 0 unspecified atom stereocenters. The summed E-state index contributed by atoms with van der Waals surface area (Å²) < 4.78 is 0. The number of nitrogens with zero attached hydrogens (tertiary/aromatic N) is 1. The normalized spacial score (nSPS) is 22.4. The van der Waals surface area contributed by atoms with Crippen molar-refractivity contribution in [3.05, 3.63) is 0 Å². The van der Waals surface area contributed by atoms with Crippen LogP contribution in [0, 0.1) is 5.92 Å². The Bertz CT molecular complexity index is 334. The van der Waals surface area contributed by atoms with E-state index < -0.39 is 0 Å². The molecular weight excluding hydrogens is 256 g/mol. The molecule has 2 fully saturated rings. The van der Waals surface area contributed by atoms with Crippen molar-refractivity contribution < 1.29 is 9.59 Å². The summed E-state index contributed by atoms with van der Waals surface area (Å²) in [7, 11) is 1.66. The summed E-state index contributed by atoms with van der Waals surface area (Å²) in [4.78, 5) is 25.6. The molecule has 0 aromatic carbocycles. The number of rotatable bonds is 4. The summed E-state index contributed by atoms with van der Waals surface area (Å²) in [5.41, 5.74) is 0. The lowest BCUT2D eigenvalue weighted by atomic mass is 9.96. The molecule has 0 aromatic heterocycles. The van der Waals surface area contributed by atoms with Crippen LogP contribution in [0.15, 0.2) is 0 Å². The van der Waals surface area contributed by atoms with Crippen molar-refractivity contribution in [3.8, 4) is 0 Å². The third-order valence-corrected chi connectivity index (χ3v) is 4.29. The quantitative estimate of drug-likeness (QED) is 0.638. The number of piperidine rings is 2. The number of hydrogen-bond donors (Lipinski definition) is 3. The molecule has 0 atom stereocenters. The van der Waals surface area contributed by atoms with Gasteiger partial charge in [-0.1, -0.05) is 0 Å². The van der Waals surface area contributed by atoms with Crippen LogP contribution >= 0.6 is 0 Å². The van der Waals surface area contributed by atoms with Crippen LogP contribution in [0.4, 0.5) is 0 Å². The highest BCUT2D eigenvalue weighted by Crippen LogP contribution is 2.15. The first-order chi connectivity index (χ1) is 9.69. The maximum Gasteiger partial charge on any atom is 0.233 e. The molecule has 2 amide bonds. The lowest BCUT2D eigenvalue weighted by Gasteiger charge is -2.33. The third kappa shape index (κ3) is 4.45. The average molecular weight is 282 g/mol. The number of nitrogens with one attached hydrogen (secondary N) is 3. The molecule has 2 heterocycles. The first-order valence-corrected chi connectivity index (χ1v) is 7.63. The number of likely N-dealkylation sites (N-methyl/N-ethyl adjacent to an activating group) is 1. The van der Waals surface area contributed by atoms with Gasteiger partial charge in [0.15, 0.2) is 0 Å². The van der Waals surface area contributed by atoms with E-state index in [1.165, 1.54) is 0 Å². The van der Waals surface area contributed by atoms with Gasteiger partial charge in [0.2, 0.25) is 11.8 Å². The van der Waals surface area contributed by atoms with Crippen LogP contribution < -0.4 is 16.0 Å². The van der Waals surface area contributed by atoms with Crippen LogP contribution in [0.25, 0.3) is 0 Å². The van der Waals surface area contributed by atoms with E-state index >= 15 is 0 Å². The molecule has 0 radical (unpaired) electrons. The van der Waals surface area contributed by atoms with Crippen molar-refractivity contribution in [3.63, 3.8) is 0 Å². The van der Waals surface area contributed by atoms with E-state index in [0.29, 0.717) is 6.54 Å². The SMILES string of the molecule is CNC(=O)CN1CCC(NC(=O)C2CCNCC2)CC1. The van der Waals surface area contributed by atoms with Crippen LogP contribution in [-0.2, 0) is 9.59 Å². The zero-order valence-electron chi connectivity index (χ0n) is 12.3. The molecule has 3 N–H and O–H groups in total. The fourth-order valence-corrected chi connectivity index (χ4v) is 2.92. The van der Waals surface area contributed by atoms with Crippen molar-refractivity contribution in [2.24, 2.45) is 5.92 Å². The number of amides is 2. The van der Waals surface area contributed by atoms with E-state index in [2.05, 4.69) is 20.9 Å². The number of likely N-dealkylation sites (tertiary alicyclic amines) is 1. The summed E-state index contributed by atoms with van der Waals surface area (Å²) in [5.74, 6) is 0.457. The van der Waals surface area contributed by atoms with Gasteiger partial charge in [0.1, 0.15) is 0 Å². The van der Waals surface area contributed by atoms with Gasteiger partial charge in [-0.15, -0.1) is 0 Å². The molecule has 6 nitrogen and oxygen atoms in total. The Kier molecular flexibility index (Phi) is 5.79. The van der Waals surface area contributed by atoms with Crippen molar-refractivity contribution >= 4 is 11.8 Å². The summed E-state index contributed by atoms with van der Waals surface area (Å²) >= 11 is 0. The van der Waals surface area contributed by atoms with Crippen molar-refractivity contribution in [2.75, 3.05) is 39.8 Å². The van der Waals surface area contributed by atoms with Crippen molar-refractivity contribution in [2.45, 2.75) is 31.7 Å². The Hall–Kier alpha value is -1.14. The van der Waals surface area contributed by atoms with Gasteiger partial charge >= 0.3 is 0 Å². The molecule has 2 saturated heterocycles. The molecule has 0 aliphatic carbocycles. The number of carbonyl (C=O) groups excluding carboxylic acids is 2. The second kappa shape index (κ2) is 7.59. The lowest BCUT2D eigenvalue weighted by Crippen LogP contribution is -2.49. The molecule has 20 heavy (non-hydrogen) atoms. The molecule has 0 aromatic rings. The molecule has 0 saturated carbocycles.